The van der Waals surface area contributed by atoms with Gasteiger partial charge in [-0.3, -0.25) is 4.79 Å². The summed E-state index contributed by atoms with van der Waals surface area (Å²) in [6.07, 6.45) is 3.25. The van der Waals surface area contributed by atoms with Crippen LogP contribution in [0, 0.1) is 5.82 Å². The number of aromatic nitrogens is 1. The SMILES string of the molecule is C[C@H](O)c1c(-c2ccc(F)cc2)noc1C(=O)N1CCCCCC1. The first-order chi connectivity index (χ1) is 11.6. The minimum atomic E-state index is -0.915. The highest BCUT2D eigenvalue weighted by Crippen LogP contribution is 2.31. The van der Waals surface area contributed by atoms with Gasteiger partial charge in [-0.05, 0) is 44.0 Å². The third kappa shape index (κ3) is 3.33. The highest BCUT2D eigenvalue weighted by Gasteiger charge is 2.29. The molecule has 1 aliphatic heterocycles. The monoisotopic (exact) mass is 332 g/mol. The standard InChI is InChI=1S/C18H21FN2O3/c1-12(22)15-16(13-6-8-14(19)9-7-13)20-24-17(15)18(23)21-10-4-2-3-5-11-21/h6-9,12,22H,2-5,10-11H2,1H3/t12-/m0/s1. The third-order valence-electron chi connectivity index (χ3n) is 4.35. The summed E-state index contributed by atoms with van der Waals surface area (Å²) < 4.78 is 18.4. The van der Waals surface area contributed by atoms with Crippen LogP contribution in [-0.4, -0.2) is 34.2 Å². The first kappa shape index (κ1) is 16.6. The van der Waals surface area contributed by atoms with E-state index in [1.165, 1.54) is 12.1 Å². The fourth-order valence-corrected chi connectivity index (χ4v) is 3.07. The second kappa shape index (κ2) is 7.13. The van der Waals surface area contributed by atoms with Crippen molar-refractivity contribution in [2.75, 3.05) is 13.1 Å². The predicted octanol–water partition coefficient (Wildman–Crippen LogP) is 3.55. The minimum absolute atomic E-state index is 0.0752. The maximum atomic E-state index is 13.1. The molecule has 1 N–H and O–H groups in total. The van der Waals surface area contributed by atoms with Gasteiger partial charge in [0.15, 0.2) is 0 Å². The van der Waals surface area contributed by atoms with E-state index in [1.54, 1.807) is 24.0 Å². The van der Waals surface area contributed by atoms with Crippen molar-refractivity contribution >= 4 is 5.91 Å². The molecule has 0 saturated carbocycles. The molecule has 128 valence electrons. The molecule has 24 heavy (non-hydrogen) atoms. The summed E-state index contributed by atoms with van der Waals surface area (Å²) in [5.41, 5.74) is 1.34. The summed E-state index contributed by atoms with van der Waals surface area (Å²) in [4.78, 5) is 14.6. The first-order valence-electron chi connectivity index (χ1n) is 8.31. The lowest BCUT2D eigenvalue weighted by Gasteiger charge is -2.19. The molecule has 6 heteroatoms. The Morgan fingerprint density at radius 3 is 2.42 bits per heavy atom. The van der Waals surface area contributed by atoms with E-state index in [4.69, 9.17) is 4.52 Å². The van der Waals surface area contributed by atoms with Crippen LogP contribution < -0.4 is 0 Å². The van der Waals surface area contributed by atoms with E-state index in [0.29, 0.717) is 29.9 Å². The van der Waals surface area contributed by atoms with Crippen molar-refractivity contribution in [1.29, 1.82) is 0 Å². The van der Waals surface area contributed by atoms with Gasteiger partial charge in [-0.15, -0.1) is 0 Å². The van der Waals surface area contributed by atoms with Gasteiger partial charge in [-0.1, -0.05) is 18.0 Å². The number of rotatable bonds is 3. The van der Waals surface area contributed by atoms with Gasteiger partial charge in [0.05, 0.1) is 11.7 Å². The Morgan fingerprint density at radius 2 is 1.83 bits per heavy atom. The molecular formula is C18H21FN2O3. The predicted molar refractivity (Wildman–Crippen MR) is 86.9 cm³/mol. The van der Waals surface area contributed by atoms with Crippen molar-refractivity contribution < 1.29 is 18.8 Å². The Balaban J connectivity index is 1.96. The maximum absolute atomic E-state index is 13.1. The second-order valence-corrected chi connectivity index (χ2v) is 6.16. The fraction of sp³-hybridized carbons (Fsp3) is 0.444. The summed E-state index contributed by atoms with van der Waals surface area (Å²) in [5.74, 6) is -0.526. The van der Waals surface area contributed by atoms with Crippen LogP contribution in [0.4, 0.5) is 4.39 Å². The summed E-state index contributed by atoms with van der Waals surface area (Å²) >= 11 is 0. The molecule has 0 unspecified atom stereocenters. The van der Waals surface area contributed by atoms with E-state index in [9.17, 15) is 14.3 Å². The Bertz CT molecular complexity index is 702. The average Bonchev–Trinajstić information content (AvgIpc) is 2.83. The molecule has 1 amide bonds. The lowest BCUT2D eigenvalue weighted by Crippen LogP contribution is -2.32. The van der Waals surface area contributed by atoms with Crippen molar-refractivity contribution in [1.82, 2.24) is 10.1 Å². The molecule has 0 aliphatic carbocycles. The van der Waals surface area contributed by atoms with Crippen LogP contribution in [0.3, 0.4) is 0 Å². The van der Waals surface area contributed by atoms with Crippen molar-refractivity contribution in [3.63, 3.8) is 0 Å². The van der Waals surface area contributed by atoms with E-state index < -0.39 is 6.10 Å². The summed E-state index contributed by atoms with van der Waals surface area (Å²) in [6.45, 7) is 2.94. The number of benzene rings is 1. The quantitative estimate of drug-likeness (QED) is 0.933. The van der Waals surface area contributed by atoms with E-state index in [-0.39, 0.29) is 17.5 Å². The lowest BCUT2D eigenvalue weighted by atomic mass is 10.0. The molecule has 2 aromatic rings. The van der Waals surface area contributed by atoms with Crippen LogP contribution in [0.25, 0.3) is 11.3 Å². The molecule has 1 atom stereocenters. The van der Waals surface area contributed by atoms with Gasteiger partial charge in [0, 0.05) is 18.7 Å². The zero-order valence-electron chi connectivity index (χ0n) is 13.7. The Morgan fingerprint density at radius 1 is 1.21 bits per heavy atom. The van der Waals surface area contributed by atoms with Crippen LogP contribution in [0.1, 0.15) is 54.8 Å². The van der Waals surface area contributed by atoms with Gasteiger partial charge in [0.1, 0.15) is 11.5 Å². The molecule has 1 aliphatic rings. The number of hydrogen-bond donors (Lipinski definition) is 1. The first-order valence-corrected chi connectivity index (χ1v) is 8.31. The number of halogens is 1. The molecule has 1 fully saturated rings. The maximum Gasteiger partial charge on any atom is 0.292 e. The molecule has 1 aromatic carbocycles. The number of amides is 1. The molecular weight excluding hydrogens is 311 g/mol. The summed E-state index contributed by atoms with van der Waals surface area (Å²) in [6, 6.07) is 5.73. The van der Waals surface area contributed by atoms with Crippen molar-refractivity contribution in [3.8, 4) is 11.3 Å². The molecule has 0 spiro atoms. The van der Waals surface area contributed by atoms with Crippen molar-refractivity contribution in [2.45, 2.75) is 38.7 Å². The minimum Gasteiger partial charge on any atom is -0.388 e. The Kier molecular flexibility index (Phi) is 4.94. The molecule has 0 bridgehead atoms. The number of hydrogen-bond acceptors (Lipinski definition) is 4. The van der Waals surface area contributed by atoms with Crippen LogP contribution >= 0.6 is 0 Å². The fourth-order valence-electron chi connectivity index (χ4n) is 3.07. The lowest BCUT2D eigenvalue weighted by molar-refractivity contribution is 0.0711. The molecule has 0 radical (unpaired) electrons. The number of carbonyl (C=O) groups is 1. The number of aliphatic hydroxyl groups excluding tert-OH is 1. The number of aliphatic hydroxyl groups is 1. The topological polar surface area (TPSA) is 66.6 Å². The second-order valence-electron chi connectivity index (χ2n) is 6.16. The molecule has 3 rings (SSSR count). The summed E-state index contributed by atoms with van der Waals surface area (Å²) in [5, 5.41) is 14.1. The number of nitrogens with zero attached hydrogens (tertiary/aromatic N) is 2. The van der Waals surface area contributed by atoms with Crippen molar-refractivity contribution in [2.24, 2.45) is 0 Å². The van der Waals surface area contributed by atoms with Gasteiger partial charge in [-0.2, -0.15) is 0 Å². The van der Waals surface area contributed by atoms with E-state index in [1.807, 2.05) is 0 Å². The number of likely N-dealkylation sites (tertiary alicyclic amines) is 1. The van der Waals surface area contributed by atoms with Gasteiger partial charge < -0.3 is 14.5 Å². The molecule has 1 saturated heterocycles. The largest absolute Gasteiger partial charge is 0.388 e. The van der Waals surface area contributed by atoms with Gasteiger partial charge in [0.25, 0.3) is 5.91 Å². The highest BCUT2D eigenvalue weighted by molar-refractivity contribution is 5.94. The van der Waals surface area contributed by atoms with Crippen LogP contribution in [0.15, 0.2) is 28.8 Å². The van der Waals surface area contributed by atoms with Crippen LogP contribution in [0.2, 0.25) is 0 Å². The zero-order valence-corrected chi connectivity index (χ0v) is 13.7. The smallest absolute Gasteiger partial charge is 0.292 e. The van der Waals surface area contributed by atoms with Crippen molar-refractivity contribution in [3.05, 3.63) is 41.4 Å². The van der Waals surface area contributed by atoms with E-state index in [0.717, 1.165) is 25.7 Å². The van der Waals surface area contributed by atoms with Gasteiger partial charge in [-0.25, -0.2) is 4.39 Å². The Labute approximate surface area is 140 Å². The van der Waals surface area contributed by atoms with Crippen LogP contribution in [-0.2, 0) is 0 Å². The highest BCUT2D eigenvalue weighted by atomic mass is 19.1. The number of carbonyl (C=O) groups excluding carboxylic acids is 1. The Hall–Kier alpha value is -2.21. The normalized spacial score (nSPS) is 16.7. The summed E-state index contributed by atoms with van der Waals surface area (Å²) in [7, 11) is 0. The molecule has 5 nitrogen and oxygen atoms in total. The van der Waals surface area contributed by atoms with E-state index in [2.05, 4.69) is 5.16 Å². The van der Waals surface area contributed by atoms with E-state index >= 15 is 0 Å². The third-order valence-corrected chi connectivity index (χ3v) is 4.35. The zero-order chi connectivity index (χ0) is 17.1. The molecule has 1 aromatic heterocycles. The van der Waals surface area contributed by atoms with Gasteiger partial charge in [0.2, 0.25) is 5.76 Å². The molecule has 2 heterocycles. The average molecular weight is 332 g/mol. The van der Waals surface area contributed by atoms with Gasteiger partial charge >= 0.3 is 0 Å². The van der Waals surface area contributed by atoms with Crippen LogP contribution in [0.5, 0.6) is 0 Å².